The minimum Gasteiger partial charge on any atom is -0.481 e. The van der Waals surface area contributed by atoms with Crippen LogP contribution in [0.2, 0.25) is 0 Å². The molecular formula is C90H122N20O31. The van der Waals surface area contributed by atoms with Crippen LogP contribution in [-0.4, -0.2) is 295 Å². The summed E-state index contributed by atoms with van der Waals surface area (Å²) in [7, 11) is 0. The zero-order valence-electron chi connectivity index (χ0n) is 78.8. The Morgan fingerprint density at radius 1 is 0.475 bits per heavy atom. The van der Waals surface area contributed by atoms with Crippen LogP contribution in [-0.2, 0) is 123 Å². The molecule has 0 radical (unpaired) electrons. The number of aromatic amines is 2. The number of ketones is 1. The van der Waals surface area contributed by atoms with Crippen LogP contribution in [0.1, 0.15) is 167 Å². The highest BCUT2D eigenvalue weighted by molar-refractivity contribution is 6.06. The molecule has 5 aromatic rings. The van der Waals surface area contributed by atoms with E-state index in [9.17, 15) is 121 Å². The molecule has 6 rings (SSSR count). The van der Waals surface area contributed by atoms with Crippen LogP contribution >= 0.6 is 0 Å². The molecule has 3 aromatic carbocycles. The van der Waals surface area contributed by atoms with Crippen LogP contribution in [0.25, 0.3) is 21.8 Å². The molecule has 2 aromatic heterocycles. The molecule has 27 N–H and O–H groups in total. The van der Waals surface area contributed by atoms with E-state index in [1.54, 1.807) is 96.3 Å². The second-order valence-corrected chi connectivity index (χ2v) is 35.2. The number of carbonyl (C=O) groups excluding carboxylic acids is 19. The Morgan fingerprint density at radius 3 is 1.52 bits per heavy atom. The number of primary amides is 1. The number of benzene rings is 3. The van der Waals surface area contributed by atoms with E-state index in [2.05, 4.69) is 79.1 Å². The molecule has 0 spiro atoms. The summed E-state index contributed by atoms with van der Waals surface area (Å²) in [6, 6.07) is -6.30. The number of unbranched alkanes of at least 4 members (excludes halogenated alkanes) is 3. The summed E-state index contributed by atoms with van der Waals surface area (Å²) in [4.78, 5) is 325. The Kier molecular flexibility index (Phi) is 43.8. The first kappa shape index (κ1) is 114. The normalized spacial score (nSPS) is 19.8. The third kappa shape index (κ3) is 38.9. The van der Waals surface area contributed by atoms with Crippen molar-refractivity contribution < 1.29 is 150 Å². The summed E-state index contributed by atoms with van der Waals surface area (Å²) in [6.07, 6.45) is -8.02. The number of esters is 1. The molecule has 14 unspecified atom stereocenters. The summed E-state index contributed by atoms with van der Waals surface area (Å²) < 4.78 is 16.5. The second kappa shape index (κ2) is 54.3. The number of aliphatic hydroxyl groups is 1. The van der Waals surface area contributed by atoms with Crippen molar-refractivity contribution in [2.24, 2.45) is 11.7 Å². The molecule has 1 saturated heterocycles. The monoisotopic (exact) mass is 1980 g/mol. The van der Waals surface area contributed by atoms with Gasteiger partial charge in [0.1, 0.15) is 89.8 Å². The number of nitrogens with two attached hydrogens (primary N) is 2. The highest BCUT2D eigenvalue weighted by Gasteiger charge is 2.42. The lowest BCUT2D eigenvalue weighted by atomic mass is 9.96. The number of rotatable bonds is 39. The number of alkyl carbamates (subject to hydrolysis) is 2. The fraction of sp³-hybridized carbons (Fsp3) is 0.500. The van der Waals surface area contributed by atoms with Gasteiger partial charge >= 0.3 is 42.0 Å². The third-order valence-corrected chi connectivity index (χ3v) is 21.2. The smallest absolute Gasteiger partial charge is 0.408 e. The maximum Gasteiger partial charge on any atom is 0.408 e. The SMILES string of the molecule is CC1NC(=O)C(CC(=O)O)NC(=O)C(CCCNC(=O)C(Cc2c[nH]c3ccccc23)NC(=O)OC(C)(C)C)NC(=O)CNC(=O)C(NC(=O)C(CC(=O)O)NC(=O)C(CC(N)=O)NC(=O)C(Cc2c[nH]c3ccccc23)NC(=O)CCCCCCNC(=O)OC(C)(C)C)C(C)OC(=O)C(CC(=O)c2ccccc2N)NC(=O)C(C(C)CC(=O)O)NC(=O)C(CO)NC(=O)CNC(=O)C(CC(=O)O)NC1=O. The van der Waals surface area contributed by atoms with Gasteiger partial charge in [-0.1, -0.05) is 68.3 Å². The lowest BCUT2D eigenvalue weighted by Gasteiger charge is -2.30. The van der Waals surface area contributed by atoms with Gasteiger partial charge in [0.25, 0.3) is 0 Å². The molecule has 1 aliphatic rings. The molecule has 768 valence electrons. The number of Topliss-reactive ketones (excluding diaryl/α,β-unsaturated/α-hetero) is 1. The highest BCUT2D eigenvalue weighted by atomic mass is 16.6. The van der Waals surface area contributed by atoms with Crippen molar-refractivity contribution in [3.8, 4) is 0 Å². The number of amides is 17. The lowest BCUT2D eigenvalue weighted by molar-refractivity contribution is -0.156. The quantitative estimate of drug-likeness (QED) is 0.00596. The number of para-hydroxylation sites is 3. The van der Waals surface area contributed by atoms with Crippen LogP contribution in [0.15, 0.2) is 85.2 Å². The van der Waals surface area contributed by atoms with E-state index in [0.29, 0.717) is 52.2 Å². The van der Waals surface area contributed by atoms with E-state index < -0.39 is 303 Å². The van der Waals surface area contributed by atoms with Gasteiger partial charge in [0.15, 0.2) is 5.78 Å². The van der Waals surface area contributed by atoms with E-state index in [-0.39, 0.29) is 49.9 Å². The minimum absolute atomic E-state index is 0.153. The predicted octanol–water partition coefficient (Wildman–Crippen LogP) is -3.51. The van der Waals surface area contributed by atoms with Crippen molar-refractivity contribution in [3.63, 3.8) is 0 Å². The first-order valence-electron chi connectivity index (χ1n) is 44.8. The summed E-state index contributed by atoms with van der Waals surface area (Å²) in [6.45, 7) is 8.51. The van der Waals surface area contributed by atoms with Crippen molar-refractivity contribution in [1.29, 1.82) is 0 Å². The summed E-state index contributed by atoms with van der Waals surface area (Å²) in [5.41, 5.74) is 11.7. The van der Waals surface area contributed by atoms with E-state index in [4.69, 9.17) is 25.7 Å². The predicted molar refractivity (Wildman–Crippen MR) is 494 cm³/mol. The Morgan fingerprint density at radius 2 is 0.965 bits per heavy atom. The molecule has 51 heteroatoms. The van der Waals surface area contributed by atoms with Gasteiger partial charge in [0.05, 0.1) is 51.8 Å². The number of hydrogen-bond acceptors (Lipinski definition) is 28. The molecule has 1 aliphatic heterocycles. The topological polar surface area (TPSA) is 798 Å². The van der Waals surface area contributed by atoms with E-state index in [1.165, 1.54) is 30.5 Å². The Hall–Kier alpha value is -15.9. The van der Waals surface area contributed by atoms with Crippen molar-refractivity contribution in [2.75, 3.05) is 38.5 Å². The van der Waals surface area contributed by atoms with Crippen LogP contribution in [0.4, 0.5) is 15.3 Å². The summed E-state index contributed by atoms with van der Waals surface area (Å²) in [5.74, 6) is -31.9. The molecule has 0 saturated carbocycles. The maximum atomic E-state index is 15.2. The molecule has 3 heterocycles. The van der Waals surface area contributed by atoms with Gasteiger partial charge in [-0.2, -0.15) is 0 Å². The number of ether oxygens (including phenoxy) is 3. The average molecular weight is 1980 g/mol. The first-order valence-corrected chi connectivity index (χ1v) is 44.8. The zero-order chi connectivity index (χ0) is 105. The number of carboxylic acid groups (broad SMARTS) is 4. The van der Waals surface area contributed by atoms with Crippen molar-refractivity contribution in [2.45, 2.75) is 248 Å². The van der Waals surface area contributed by atoms with Gasteiger partial charge in [-0.3, -0.25) is 95.9 Å². The van der Waals surface area contributed by atoms with Gasteiger partial charge in [-0.25, -0.2) is 14.4 Å². The number of anilines is 1. The molecular weight excluding hydrogens is 1860 g/mol. The average Bonchev–Trinajstić information content (AvgIpc) is 1.66. The third-order valence-electron chi connectivity index (χ3n) is 21.2. The van der Waals surface area contributed by atoms with Gasteiger partial charge < -0.3 is 146 Å². The number of hydrogen-bond donors (Lipinski definition) is 25. The van der Waals surface area contributed by atoms with E-state index in [1.807, 2.05) is 16.0 Å². The van der Waals surface area contributed by atoms with Gasteiger partial charge in [-0.15, -0.1) is 0 Å². The summed E-state index contributed by atoms with van der Waals surface area (Å²) in [5, 5.41) is 88.0. The number of aromatic nitrogens is 2. The number of nitrogen functional groups attached to an aromatic ring is 1. The van der Waals surface area contributed by atoms with Crippen molar-refractivity contribution in [1.82, 2.24) is 95.0 Å². The Labute approximate surface area is 806 Å². The number of carboxylic acids is 4. The van der Waals surface area contributed by atoms with Gasteiger partial charge in [0, 0.05) is 84.2 Å². The number of cyclic esters (lactones) is 1. The van der Waals surface area contributed by atoms with Crippen LogP contribution in [0.3, 0.4) is 0 Å². The highest BCUT2D eigenvalue weighted by Crippen LogP contribution is 2.24. The zero-order valence-corrected chi connectivity index (χ0v) is 78.8. The molecule has 0 bridgehead atoms. The lowest BCUT2D eigenvalue weighted by Crippen LogP contribution is -2.62. The van der Waals surface area contributed by atoms with Gasteiger partial charge in [0.2, 0.25) is 88.6 Å². The number of fused-ring (bicyclic) bond motifs is 2. The maximum absolute atomic E-state index is 15.2. The molecule has 14 atom stereocenters. The molecule has 1 fully saturated rings. The fourth-order valence-electron chi connectivity index (χ4n) is 14.3. The van der Waals surface area contributed by atoms with Crippen LogP contribution in [0.5, 0.6) is 0 Å². The largest absolute Gasteiger partial charge is 0.481 e. The van der Waals surface area contributed by atoms with Crippen molar-refractivity contribution in [3.05, 3.63) is 102 Å². The molecule has 51 nitrogen and oxygen atoms in total. The number of nitrogens with one attached hydrogen (secondary N) is 18. The van der Waals surface area contributed by atoms with Crippen molar-refractivity contribution >= 4 is 164 Å². The fourth-order valence-corrected chi connectivity index (χ4v) is 14.3. The van der Waals surface area contributed by atoms with E-state index >= 15 is 14.4 Å². The number of carbonyl (C=O) groups is 23. The molecule has 17 amide bonds. The first-order chi connectivity index (χ1) is 66.3. The second-order valence-electron chi connectivity index (χ2n) is 35.2. The Bertz CT molecular complexity index is 5410. The standard InChI is InChI=1S/C90H122N20O31/c1-44(31-69(117)118)73-85(135)107-62(34-64(112)51-23-13-16-24-52(51)91)86(136)139-46(3)74(110-82(132)61(38-72(123)124)106-81(131)58(35-65(92)113)104-80(130)57(33-48-40-96-54-26-18-15-22-50(48)54)101-66(114)28-12-10-11-19-29-94-87(137)140-89(4,5)6)84(134)98-42-67(115)100-55(27-20-30-93-76(126)56(108-88(138)141-90(7,8)9)32-47-39-95-53-25-17-14-21-49(47)53)78(128)105-60(37-71(121)122)79(129)99-45(2)75(125)103-59(36-70(119)120)77(127)97-41-68(116)102-63(43-111)83(133)109-73/h13-18,21-26,39-40,44-46,55-63,73-74,95-96,111H,10-12,19-20,27-38,41-43,91H2,1-9H3,(H2,92,113)(H,93,126)(H,94,137)(H,97,127)(H,98,134)(H,99,129)(H,100,115)(H,101,114)(H,102,116)(H,103,125)(H,104,130)(H,105,128)(H,106,131)(H,107,135)(H,108,138)(H,109,133)(H,110,132)(H,117,118)(H,119,120)(H,121,122)(H,123,124). The van der Waals surface area contributed by atoms with Crippen LogP contribution < -0.4 is 96.5 Å². The number of aliphatic carboxylic acids is 4. The van der Waals surface area contributed by atoms with Crippen LogP contribution in [0, 0.1) is 5.92 Å². The number of H-pyrrole nitrogens is 2. The van der Waals surface area contributed by atoms with Gasteiger partial charge in [-0.05, 0) is 122 Å². The molecule has 141 heavy (non-hydrogen) atoms. The molecule has 0 aliphatic carbocycles. The number of aliphatic hydroxyl groups excluding tert-OH is 1. The van der Waals surface area contributed by atoms with E-state index in [0.717, 1.165) is 20.8 Å². The minimum atomic E-state index is -2.56. The summed E-state index contributed by atoms with van der Waals surface area (Å²) >= 11 is 0. The Balaban J connectivity index is 1.44.